The summed E-state index contributed by atoms with van der Waals surface area (Å²) >= 11 is 0. The number of nitrogens with zero attached hydrogens (tertiary/aromatic N) is 6. The van der Waals surface area contributed by atoms with Crippen LogP contribution < -0.4 is 10.6 Å². The molecule has 0 radical (unpaired) electrons. The molecule has 3 aromatic rings. The highest BCUT2D eigenvalue weighted by molar-refractivity contribution is 5.79. The molecule has 3 rings (SSSR count). The first-order valence-electron chi connectivity index (χ1n) is 8.52. The first-order valence-corrected chi connectivity index (χ1v) is 8.52. The van der Waals surface area contributed by atoms with Gasteiger partial charge in [0.05, 0.1) is 12.7 Å². The lowest BCUT2D eigenvalue weighted by atomic mass is 10.00. The van der Waals surface area contributed by atoms with E-state index in [4.69, 9.17) is 0 Å². The summed E-state index contributed by atoms with van der Waals surface area (Å²) in [5.74, 6) is 1.35. The van der Waals surface area contributed by atoms with Crippen molar-refractivity contribution in [1.82, 2.24) is 35.0 Å². The zero-order valence-corrected chi connectivity index (χ0v) is 15.2. The van der Waals surface area contributed by atoms with Crippen molar-refractivity contribution in [2.75, 3.05) is 13.1 Å². The second-order valence-corrected chi connectivity index (χ2v) is 6.27. The second kappa shape index (κ2) is 7.52. The van der Waals surface area contributed by atoms with Crippen molar-refractivity contribution in [2.45, 2.75) is 26.0 Å². The molecular formula is C17H24N8O. The van der Waals surface area contributed by atoms with E-state index in [1.807, 2.05) is 42.8 Å². The van der Waals surface area contributed by atoms with Crippen molar-refractivity contribution in [1.29, 1.82) is 0 Å². The third kappa shape index (κ3) is 3.99. The maximum absolute atomic E-state index is 10.7. The number of aromatic nitrogens is 5. The van der Waals surface area contributed by atoms with Gasteiger partial charge in [-0.15, -0.1) is 10.2 Å². The van der Waals surface area contributed by atoms with E-state index < -0.39 is 5.60 Å². The van der Waals surface area contributed by atoms with Crippen LogP contribution in [0.25, 0.3) is 5.65 Å². The van der Waals surface area contributed by atoms with Crippen LogP contribution in [0.3, 0.4) is 0 Å². The molecule has 0 amide bonds. The number of guanidine groups is 1. The summed E-state index contributed by atoms with van der Waals surface area (Å²) < 4.78 is 3.57. The van der Waals surface area contributed by atoms with Crippen LogP contribution in [0.5, 0.6) is 0 Å². The minimum atomic E-state index is -1.06. The minimum Gasteiger partial charge on any atom is -0.383 e. The van der Waals surface area contributed by atoms with Crippen molar-refractivity contribution in [3.05, 3.63) is 48.2 Å². The monoisotopic (exact) mass is 356 g/mol. The number of rotatable bonds is 6. The van der Waals surface area contributed by atoms with E-state index in [0.29, 0.717) is 25.6 Å². The van der Waals surface area contributed by atoms with Gasteiger partial charge in [0.1, 0.15) is 12.1 Å². The normalized spacial score (nSPS) is 14.4. The quantitative estimate of drug-likeness (QED) is 0.437. The molecule has 138 valence electrons. The van der Waals surface area contributed by atoms with Gasteiger partial charge in [0.25, 0.3) is 0 Å². The molecule has 9 nitrogen and oxygen atoms in total. The molecule has 0 saturated heterocycles. The molecule has 0 saturated carbocycles. The Hall–Kier alpha value is -2.94. The van der Waals surface area contributed by atoms with Crippen LogP contribution in [-0.2, 0) is 19.2 Å². The van der Waals surface area contributed by atoms with Gasteiger partial charge in [-0.3, -0.25) is 9.08 Å². The third-order valence-electron chi connectivity index (χ3n) is 4.03. The van der Waals surface area contributed by atoms with Gasteiger partial charge in [0.15, 0.2) is 17.4 Å². The van der Waals surface area contributed by atoms with Crippen LogP contribution in [0.1, 0.15) is 25.2 Å². The van der Waals surface area contributed by atoms with Gasteiger partial charge >= 0.3 is 0 Å². The highest BCUT2D eigenvalue weighted by Gasteiger charge is 2.25. The molecule has 1 atom stereocenters. The summed E-state index contributed by atoms with van der Waals surface area (Å²) in [6, 6.07) is 5.75. The summed E-state index contributed by atoms with van der Waals surface area (Å²) in [4.78, 5) is 4.55. The van der Waals surface area contributed by atoms with Crippen molar-refractivity contribution < 1.29 is 5.11 Å². The largest absolute Gasteiger partial charge is 0.383 e. The fourth-order valence-corrected chi connectivity index (χ4v) is 2.55. The summed E-state index contributed by atoms with van der Waals surface area (Å²) in [7, 11) is 1.82. The number of hydrogen-bond acceptors (Lipinski definition) is 5. The Morgan fingerprint density at radius 1 is 1.31 bits per heavy atom. The molecule has 0 aliphatic heterocycles. The predicted molar refractivity (Wildman–Crippen MR) is 98.6 cm³/mol. The van der Waals surface area contributed by atoms with Crippen LogP contribution in [0.4, 0.5) is 0 Å². The SMILES string of the molecule is CCNC(=NCc1nnc2ccccn12)NCC(C)(O)c1cnn(C)c1. The molecule has 3 aromatic heterocycles. The maximum Gasteiger partial charge on any atom is 0.191 e. The first kappa shape index (κ1) is 17.9. The number of aliphatic hydroxyl groups is 1. The molecule has 0 spiro atoms. The number of nitrogens with one attached hydrogen (secondary N) is 2. The van der Waals surface area contributed by atoms with Crippen molar-refractivity contribution in [2.24, 2.45) is 12.0 Å². The molecular weight excluding hydrogens is 332 g/mol. The van der Waals surface area contributed by atoms with E-state index in [1.54, 1.807) is 24.0 Å². The zero-order valence-electron chi connectivity index (χ0n) is 15.2. The smallest absolute Gasteiger partial charge is 0.191 e. The van der Waals surface area contributed by atoms with Crippen LogP contribution in [0.2, 0.25) is 0 Å². The fourth-order valence-electron chi connectivity index (χ4n) is 2.55. The van der Waals surface area contributed by atoms with Crippen LogP contribution in [0.15, 0.2) is 41.8 Å². The van der Waals surface area contributed by atoms with Crippen LogP contribution in [0, 0.1) is 0 Å². The van der Waals surface area contributed by atoms with Gasteiger partial charge in [-0.05, 0) is 26.0 Å². The minimum absolute atomic E-state index is 0.297. The lowest BCUT2D eigenvalue weighted by molar-refractivity contribution is 0.0616. The summed E-state index contributed by atoms with van der Waals surface area (Å²) in [5.41, 5.74) is 0.466. The Kier molecular flexibility index (Phi) is 5.17. The predicted octanol–water partition coefficient (Wildman–Crippen LogP) is 0.426. The second-order valence-electron chi connectivity index (χ2n) is 6.27. The zero-order chi connectivity index (χ0) is 18.6. The molecule has 9 heteroatoms. The highest BCUT2D eigenvalue weighted by atomic mass is 16.3. The van der Waals surface area contributed by atoms with E-state index in [2.05, 4.69) is 30.9 Å². The van der Waals surface area contributed by atoms with E-state index in [9.17, 15) is 5.11 Å². The number of pyridine rings is 1. The van der Waals surface area contributed by atoms with E-state index in [1.165, 1.54) is 0 Å². The van der Waals surface area contributed by atoms with Gasteiger partial charge in [-0.25, -0.2) is 4.99 Å². The van der Waals surface area contributed by atoms with E-state index in [0.717, 1.165) is 17.0 Å². The van der Waals surface area contributed by atoms with Gasteiger partial charge < -0.3 is 15.7 Å². The van der Waals surface area contributed by atoms with Gasteiger partial charge in [0.2, 0.25) is 0 Å². The third-order valence-corrected chi connectivity index (χ3v) is 4.03. The Bertz CT molecular complexity index is 895. The topological polar surface area (TPSA) is 105 Å². The summed E-state index contributed by atoms with van der Waals surface area (Å²) in [5, 5.41) is 29.4. The molecule has 0 aliphatic carbocycles. The molecule has 0 aromatic carbocycles. The van der Waals surface area contributed by atoms with Crippen LogP contribution >= 0.6 is 0 Å². The van der Waals surface area contributed by atoms with Gasteiger partial charge in [0, 0.05) is 31.5 Å². The Balaban J connectivity index is 1.69. The van der Waals surface area contributed by atoms with Gasteiger partial charge in [-0.1, -0.05) is 6.07 Å². The number of fused-ring (bicyclic) bond motifs is 1. The molecule has 0 fully saturated rings. The van der Waals surface area contributed by atoms with Crippen molar-refractivity contribution in [3.8, 4) is 0 Å². The molecule has 3 heterocycles. The molecule has 3 N–H and O–H groups in total. The van der Waals surface area contributed by atoms with Gasteiger partial charge in [-0.2, -0.15) is 5.10 Å². The summed E-state index contributed by atoms with van der Waals surface area (Å²) in [6.07, 6.45) is 5.37. The first-order chi connectivity index (χ1) is 12.5. The number of aliphatic imine (C=N–C) groups is 1. The molecule has 0 bridgehead atoms. The number of hydrogen-bond donors (Lipinski definition) is 3. The van der Waals surface area contributed by atoms with E-state index in [-0.39, 0.29) is 0 Å². The molecule has 26 heavy (non-hydrogen) atoms. The Morgan fingerprint density at radius 3 is 2.88 bits per heavy atom. The van der Waals surface area contributed by atoms with E-state index >= 15 is 0 Å². The average molecular weight is 356 g/mol. The van der Waals surface area contributed by atoms with Crippen molar-refractivity contribution >= 4 is 11.6 Å². The van der Waals surface area contributed by atoms with Crippen LogP contribution in [-0.4, -0.2) is 48.5 Å². The fraction of sp³-hybridized carbons (Fsp3) is 0.412. The standard InChI is InChI=1S/C17H24N8O/c1-4-18-16(20-12-17(2,26)13-9-21-24(3)11-13)19-10-15-23-22-14-7-5-6-8-25(14)15/h5-9,11,26H,4,10,12H2,1-3H3,(H2,18,19,20). The Morgan fingerprint density at radius 2 is 2.15 bits per heavy atom. The Labute approximate surface area is 151 Å². The average Bonchev–Trinajstić information content (AvgIpc) is 3.24. The lowest BCUT2D eigenvalue weighted by Crippen LogP contribution is -2.44. The molecule has 0 aliphatic rings. The number of aryl methyl sites for hydroxylation is 1. The highest BCUT2D eigenvalue weighted by Crippen LogP contribution is 2.18. The summed E-state index contributed by atoms with van der Waals surface area (Å²) in [6.45, 7) is 5.11. The maximum atomic E-state index is 10.7. The lowest BCUT2D eigenvalue weighted by Gasteiger charge is -2.23. The molecule has 1 unspecified atom stereocenters. The van der Waals surface area contributed by atoms with Crippen molar-refractivity contribution in [3.63, 3.8) is 0 Å².